The Balaban J connectivity index is 1.83. The van der Waals surface area contributed by atoms with E-state index in [2.05, 4.69) is 30.4 Å². The smallest absolute Gasteiger partial charge is 0.100 e. The Morgan fingerprint density at radius 2 is 2.11 bits per heavy atom. The summed E-state index contributed by atoms with van der Waals surface area (Å²) in [4.78, 5) is 1.19. The first kappa shape index (κ1) is 14.1. The highest BCUT2D eigenvalue weighted by Crippen LogP contribution is 2.14. The van der Waals surface area contributed by atoms with Crippen molar-refractivity contribution < 1.29 is 0 Å². The van der Waals surface area contributed by atoms with Gasteiger partial charge in [-0.05, 0) is 37.1 Å². The Morgan fingerprint density at radius 3 is 2.74 bits per heavy atom. The van der Waals surface area contributed by atoms with Crippen LogP contribution in [0.2, 0.25) is 5.02 Å². The molecule has 0 fully saturated rings. The van der Waals surface area contributed by atoms with Crippen molar-refractivity contribution in [3.8, 4) is 6.07 Å². The number of halogens is 1. The van der Waals surface area contributed by atoms with Gasteiger partial charge in [-0.3, -0.25) is 0 Å². The largest absolute Gasteiger partial charge is 0.309 e. The van der Waals surface area contributed by atoms with Crippen LogP contribution in [0.4, 0.5) is 0 Å². The second kappa shape index (κ2) is 6.72. The molecule has 1 atom stereocenters. The lowest BCUT2D eigenvalue weighted by Gasteiger charge is -2.13. The second-order valence-electron chi connectivity index (χ2n) is 4.53. The van der Waals surface area contributed by atoms with E-state index in [1.807, 2.05) is 23.6 Å². The maximum Gasteiger partial charge on any atom is 0.100 e. The first-order valence-corrected chi connectivity index (χ1v) is 7.38. The third-order valence-electron chi connectivity index (χ3n) is 2.86. The predicted molar refractivity (Wildman–Crippen MR) is 80.5 cm³/mol. The fraction of sp³-hybridized carbons (Fsp3) is 0.267. The van der Waals surface area contributed by atoms with E-state index < -0.39 is 0 Å². The van der Waals surface area contributed by atoms with Crippen LogP contribution in [0.25, 0.3) is 0 Å². The van der Waals surface area contributed by atoms with Crippen LogP contribution in [0.15, 0.2) is 35.7 Å². The number of nitrogens with zero attached hydrogens (tertiary/aromatic N) is 1. The van der Waals surface area contributed by atoms with Gasteiger partial charge in [0.1, 0.15) is 6.07 Å². The van der Waals surface area contributed by atoms with Crippen LogP contribution in [0.1, 0.15) is 22.9 Å². The highest BCUT2D eigenvalue weighted by molar-refractivity contribution is 7.10. The molecule has 4 heteroatoms. The molecule has 98 valence electrons. The molecule has 1 N–H and O–H groups in total. The molecule has 1 unspecified atom stereocenters. The van der Waals surface area contributed by atoms with Gasteiger partial charge < -0.3 is 5.32 Å². The number of rotatable bonds is 5. The van der Waals surface area contributed by atoms with Crippen molar-refractivity contribution in [2.24, 2.45) is 0 Å². The lowest BCUT2D eigenvalue weighted by Crippen LogP contribution is -2.27. The lowest BCUT2D eigenvalue weighted by molar-refractivity contribution is 0.549. The summed E-state index contributed by atoms with van der Waals surface area (Å²) < 4.78 is 0. The average molecular weight is 291 g/mol. The molecule has 19 heavy (non-hydrogen) atoms. The normalized spacial score (nSPS) is 12.1. The molecule has 0 amide bonds. The van der Waals surface area contributed by atoms with E-state index in [0.717, 1.165) is 23.6 Å². The summed E-state index contributed by atoms with van der Waals surface area (Å²) in [6.07, 6.45) is 0.966. The molecule has 0 aliphatic rings. The molecule has 0 aliphatic heterocycles. The standard InChI is InChI=1S/C15H15ClN2S/c1-11(6-12-2-4-14(16)5-3-12)18-9-15-7-13(8-17)10-19-15/h2-5,7,10-11,18H,6,9H2,1H3. The maximum absolute atomic E-state index is 8.77. The minimum Gasteiger partial charge on any atom is -0.309 e. The van der Waals surface area contributed by atoms with Gasteiger partial charge in [-0.1, -0.05) is 23.7 Å². The Kier molecular flexibility index (Phi) is 4.98. The summed E-state index contributed by atoms with van der Waals surface area (Å²) >= 11 is 7.49. The van der Waals surface area contributed by atoms with Crippen LogP contribution in [0.3, 0.4) is 0 Å². The molecule has 0 bridgehead atoms. The number of benzene rings is 1. The van der Waals surface area contributed by atoms with Crippen molar-refractivity contribution in [3.63, 3.8) is 0 Å². The zero-order valence-corrected chi connectivity index (χ0v) is 12.3. The molecule has 2 nitrogen and oxygen atoms in total. The van der Waals surface area contributed by atoms with Crippen LogP contribution < -0.4 is 5.32 Å². The average Bonchev–Trinajstić information content (AvgIpc) is 2.87. The lowest BCUT2D eigenvalue weighted by atomic mass is 10.1. The van der Waals surface area contributed by atoms with E-state index in [4.69, 9.17) is 16.9 Å². The fourth-order valence-corrected chi connectivity index (χ4v) is 2.74. The minimum absolute atomic E-state index is 0.383. The van der Waals surface area contributed by atoms with Crippen LogP contribution in [0.5, 0.6) is 0 Å². The van der Waals surface area contributed by atoms with Gasteiger partial charge in [0.25, 0.3) is 0 Å². The summed E-state index contributed by atoms with van der Waals surface area (Å²) in [6, 6.07) is 12.4. The van der Waals surface area contributed by atoms with E-state index in [1.54, 1.807) is 11.3 Å². The monoisotopic (exact) mass is 290 g/mol. The third kappa shape index (κ3) is 4.36. The zero-order valence-electron chi connectivity index (χ0n) is 10.7. The highest BCUT2D eigenvalue weighted by Gasteiger charge is 2.05. The molecule has 0 radical (unpaired) electrons. The third-order valence-corrected chi connectivity index (χ3v) is 4.05. The molecule has 1 heterocycles. The van der Waals surface area contributed by atoms with Crippen LogP contribution in [-0.4, -0.2) is 6.04 Å². The van der Waals surface area contributed by atoms with E-state index in [9.17, 15) is 0 Å². The van der Waals surface area contributed by atoms with E-state index in [0.29, 0.717) is 6.04 Å². The Morgan fingerprint density at radius 1 is 1.37 bits per heavy atom. The van der Waals surface area contributed by atoms with Crippen molar-refractivity contribution in [3.05, 3.63) is 56.7 Å². The van der Waals surface area contributed by atoms with Gasteiger partial charge in [-0.15, -0.1) is 11.3 Å². The molecule has 1 aromatic carbocycles. The van der Waals surface area contributed by atoms with Gasteiger partial charge in [0.05, 0.1) is 5.56 Å². The summed E-state index contributed by atoms with van der Waals surface area (Å²) in [5.41, 5.74) is 2.01. The van der Waals surface area contributed by atoms with Crippen LogP contribution in [0, 0.1) is 11.3 Å². The van der Waals surface area contributed by atoms with E-state index in [1.165, 1.54) is 10.4 Å². The van der Waals surface area contributed by atoms with Crippen molar-refractivity contribution >= 4 is 22.9 Å². The molecule has 2 aromatic rings. The minimum atomic E-state index is 0.383. The summed E-state index contributed by atoms with van der Waals surface area (Å²) in [7, 11) is 0. The molecule has 0 saturated carbocycles. The Bertz CT molecular complexity index is 569. The molecule has 1 aromatic heterocycles. The number of hydrogen-bond acceptors (Lipinski definition) is 3. The van der Waals surface area contributed by atoms with Crippen LogP contribution in [-0.2, 0) is 13.0 Å². The van der Waals surface area contributed by atoms with Gasteiger partial charge >= 0.3 is 0 Å². The second-order valence-corrected chi connectivity index (χ2v) is 5.96. The van der Waals surface area contributed by atoms with Crippen molar-refractivity contribution in [2.45, 2.75) is 25.9 Å². The molecule has 2 rings (SSSR count). The predicted octanol–water partition coefficient (Wildman–Crippen LogP) is 3.99. The summed E-state index contributed by atoms with van der Waals surface area (Å²) in [5, 5.41) is 14.9. The molecular formula is C15H15ClN2S. The van der Waals surface area contributed by atoms with Crippen molar-refractivity contribution in [2.75, 3.05) is 0 Å². The Hall–Kier alpha value is -1.34. The summed E-state index contributed by atoms with van der Waals surface area (Å²) in [5.74, 6) is 0. The van der Waals surface area contributed by atoms with Gasteiger partial charge in [0.2, 0.25) is 0 Å². The molecule has 0 spiro atoms. The first-order valence-electron chi connectivity index (χ1n) is 6.12. The molecule has 0 saturated heterocycles. The molecular weight excluding hydrogens is 276 g/mol. The number of hydrogen-bond donors (Lipinski definition) is 1. The van der Waals surface area contributed by atoms with Crippen molar-refractivity contribution in [1.82, 2.24) is 5.32 Å². The quantitative estimate of drug-likeness (QED) is 0.903. The summed E-state index contributed by atoms with van der Waals surface area (Å²) in [6.45, 7) is 2.97. The van der Waals surface area contributed by atoms with Crippen LogP contribution >= 0.6 is 22.9 Å². The zero-order chi connectivity index (χ0) is 13.7. The topological polar surface area (TPSA) is 35.8 Å². The highest BCUT2D eigenvalue weighted by atomic mass is 35.5. The number of nitrogens with one attached hydrogen (secondary N) is 1. The first-order chi connectivity index (χ1) is 9.17. The number of thiophene rings is 1. The van der Waals surface area contributed by atoms with Gasteiger partial charge in [-0.2, -0.15) is 5.26 Å². The van der Waals surface area contributed by atoms with Gasteiger partial charge in [0.15, 0.2) is 0 Å². The fourth-order valence-electron chi connectivity index (χ4n) is 1.85. The Labute approximate surface area is 122 Å². The SMILES string of the molecule is CC(Cc1ccc(Cl)cc1)NCc1cc(C#N)cs1. The van der Waals surface area contributed by atoms with E-state index in [-0.39, 0.29) is 0 Å². The van der Waals surface area contributed by atoms with Crippen molar-refractivity contribution in [1.29, 1.82) is 5.26 Å². The maximum atomic E-state index is 8.77. The number of nitriles is 1. The van der Waals surface area contributed by atoms with Gasteiger partial charge in [-0.25, -0.2) is 0 Å². The molecule has 0 aliphatic carbocycles. The van der Waals surface area contributed by atoms with Gasteiger partial charge in [0, 0.05) is 27.9 Å². The van der Waals surface area contributed by atoms with E-state index >= 15 is 0 Å².